The van der Waals surface area contributed by atoms with Gasteiger partial charge in [0.25, 0.3) is 5.92 Å². The summed E-state index contributed by atoms with van der Waals surface area (Å²) in [7, 11) is 0. The second-order valence-corrected chi connectivity index (χ2v) is 10.5. The van der Waals surface area contributed by atoms with Crippen LogP contribution in [0.1, 0.15) is 51.3 Å². The van der Waals surface area contributed by atoms with Gasteiger partial charge < -0.3 is 9.30 Å². The summed E-state index contributed by atoms with van der Waals surface area (Å²) in [5.41, 5.74) is 1.26. The van der Waals surface area contributed by atoms with Crippen molar-refractivity contribution in [1.29, 1.82) is 5.26 Å². The number of carbonyl (C=O) groups is 1. The smallest absolute Gasteiger partial charge is 0.416 e. The Hall–Kier alpha value is -3.61. The van der Waals surface area contributed by atoms with Gasteiger partial charge in [-0.05, 0) is 31.0 Å². The van der Waals surface area contributed by atoms with Crippen LogP contribution in [-0.2, 0) is 16.7 Å². The number of hydrogen-bond acceptors (Lipinski definition) is 6. The molecule has 3 aromatic rings. The highest BCUT2D eigenvalue weighted by atomic mass is 19.3. The van der Waals surface area contributed by atoms with E-state index >= 15 is 8.78 Å². The molecule has 2 aromatic heterocycles. The van der Waals surface area contributed by atoms with E-state index in [9.17, 15) is 10.1 Å². The van der Waals surface area contributed by atoms with Crippen LogP contribution >= 0.6 is 0 Å². The summed E-state index contributed by atoms with van der Waals surface area (Å²) >= 11 is 0. The molecule has 1 aliphatic heterocycles. The lowest BCUT2D eigenvalue weighted by Crippen LogP contribution is -2.48. The van der Waals surface area contributed by atoms with Crippen LogP contribution in [-0.4, -0.2) is 43.7 Å². The monoisotopic (exact) mass is 480 g/mol. The van der Waals surface area contributed by atoms with Crippen molar-refractivity contribution in [3.63, 3.8) is 0 Å². The van der Waals surface area contributed by atoms with Crippen molar-refractivity contribution in [3.05, 3.63) is 48.2 Å². The number of aromatic nitrogens is 4. The molecule has 1 aromatic carbocycles. The van der Waals surface area contributed by atoms with Crippen molar-refractivity contribution >= 4 is 22.9 Å². The first-order chi connectivity index (χ1) is 16.5. The molecule has 0 radical (unpaired) electrons. The van der Waals surface area contributed by atoms with Gasteiger partial charge in [0.05, 0.1) is 53.6 Å². The number of rotatable bonds is 3. The molecule has 3 heterocycles. The zero-order valence-corrected chi connectivity index (χ0v) is 19.8. The van der Waals surface area contributed by atoms with Crippen LogP contribution in [0.15, 0.2) is 36.9 Å². The zero-order chi connectivity index (χ0) is 25.0. The number of imidazole rings is 1. The van der Waals surface area contributed by atoms with Crippen molar-refractivity contribution in [1.82, 2.24) is 19.5 Å². The molecule has 1 spiro atoms. The summed E-state index contributed by atoms with van der Waals surface area (Å²) in [6.45, 7) is 6.19. The van der Waals surface area contributed by atoms with Gasteiger partial charge in [0.1, 0.15) is 5.60 Å². The van der Waals surface area contributed by atoms with Crippen LogP contribution in [0, 0.1) is 17.2 Å². The maximum atomic E-state index is 15.1. The number of anilines is 1. The minimum absolute atomic E-state index is 0.00221. The third-order valence-electron chi connectivity index (χ3n) is 6.95. The van der Waals surface area contributed by atoms with Gasteiger partial charge in [-0.1, -0.05) is 20.8 Å². The van der Waals surface area contributed by atoms with E-state index in [0.29, 0.717) is 22.4 Å². The predicted molar refractivity (Wildman–Crippen MR) is 124 cm³/mol. The lowest BCUT2D eigenvalue weighted by atomic mass is 9.75. The SMILES string of the molecule is CC(C)(C)c1cnc(N2C[C@]3(CCC(F)(F)[C@@H](Cn4cnc5ccc(C#N)cc54)C3)OC2=O)cn1. The molecule has 2 atom stereocenters. The van der Waals surface area contributed by atoms with Crippen molar-refractivity contribution in [2.24, 2.45) is 5.92 Å². The number of carbonyl (C=O) groups excluding carboxylic acids is 1. The number of halogens is 2. The third-order valence-corrected chi connectivity index (χ3v) is 6.95. The van der Waals surface area contributed by atoms with Crippen LogP contribution in [0.5, 0.6) is 0 Å². The first kappa shape index (κ1) is 23.1. The summed E-state index contributed by atoms with van der Waals surface area (Å²) in [6, 6.07) is 7.07. The Morgan fingerprint density at radius 3 is 2.69 bits per heavy atom. The van der Waals surface area contributed by atoms with E-state index < -0.39 is 23.5 Å². The first-order valence-corrected chi connectivity index (χ1v) is 11.6. The molecule has 35 heavy (non-hydrogen) atoms. The summed E-state index contributed by atoms with van der Waals surface area (Å²) in [4.78, 5) is 27.2. The van der Waals surface area contributed by atoms with Gasteiger partial charge >= 0.3 is 6.09 Å². The minimum atomic E-state index is -2.93. The molecule has 8 nitrogen and oxygen atoms in total. The van der Waals surface area contributed by atoms with Crippen LogP contribution in [0.25, 0.3) is 11.0 Å². The van der Waals surface area contributed by atoms with E-state index in [1.807, 2.05) is 20.8 Å². The third kappa shape index (κ3) is 4.20. The summed E-state index contributed by atoms with van der Waals surface area (Å²) in [5, 5.41) is 9.21. The van der Waals surface area contributed by atoms with Crippen LogP contribution in [0.2, 0.25) is 0 Å². The van der Waals surface area contributed by atoms with Crippen molar-refractivity contribution in [3.8, 4) is 6.07 Å². The van der Waals surface area contributed by atoms with E-state index in [4.69, 9.17) is 4.74 Å². The average molecular weight is 481 g/mol. The van der Waals surface area contributed by atoms with Gasteiger partial charge in [-0.2, -0.15) is 5.26 Å². The van der Waals surface area contributed by atoms with Crippen LogP contribution in [0.4, 0.5) is 19.4 Å². The van der Waals surface area contributed by atoms with E-state index in [0.717, 1.165) is 5.69 Å². The number of amides is 1. The Morgan fingerprint density at radius 2 is 2.00 bits per heavy atom. The number of hydrogen-bond donors (Lipinski definition) is 0. The van der Waals surface area contributed by atoms with Crippen molar-refractivity contribution in [2.45, 2.75) is 63.5 Å². The second-order valence-electron chi connectivity index (χ2n) is 10.5. The molecule has 0 N–H and O–H groups in total. The molecule has 5 rings (SSSR count). The van der Waals surface area contributed by atoms with Crippen molar-refractivity contribution < 1.29 is 18.3 Å². The number of ether oxygens (including phenoxy) is 1. The Morgan fingerprint density at radius 1 is 1.20 bits per heavy atom. The Bertz CT molecular complexity index is 1320. The topological polar surface area (TPSA) is 96.9 Å². The molecule has 2 aliphatic rings. The molecular weight excluding hydrogens is 454 g/mol. The van der Waals surface area contributed by atoms with Gasteiger partial charge in [-0.25, -0.2) is 23.5 Å². The Kier molecular flexibility index (Phi) is 5.27. The Labute approximate surface area is 201 Å². The minimum Gasteiger partial charge on any atom is -0.441 e. The number of alkyl halides is 2. The fraction of sp³-hybridized carbons (Fsp3) is 0.480. The van der Waals surface area contributed by atoms with Gasteiger partial charge in [0, 0.05) is 24.3 Å². The Balaban J connectivity index is 1.38. The molecule has 1 saturated carbocycles. The number of fused-ring (bicyclic) bond motifs is 1. The molecule has 1 amide bonds. The van der Waals surface area contributed by atoms with E-state index in [1.54, 1.807) is 29.0 Å². The molecule has 2 fully saturated rings. The summed E-state index contributed by atoms with van der Waals surface area (Å²) in [6.07, 6.45) is 3.76. The first-order valence-electron chi connectivity index (χ1n) is 11.6. The lowest BCUT2D eigenvalue weighted by molar-refractivity contribution is -0.139. The molecule has 0 bridgehead atoms. The fourth-order valence-corrected chi connectivity index (χ4v) is 4.89. The van der Waals surface area contributed by atoms with Gasteiger partial charge in [-0.15, -0.1) is 0 Å². The fourth-order valence-electron chi connectivity index (χ4n) is 4.89. The molecule has 10 heteroatoms. The number of nitrogens with zero attached hydrogens (tertiary/aromatic N) is 6. The molecule has 1 saturated heterocycles. The molecule has 1 aliphatic carbocycles. The normalized spacial score (nSPS) is 24.1. The highest BCUT2D eigenvalue weighted by Crippen LogP contribution is 2.48. The van der Waals surface area contributed by atoms with E-state index in [2.05, 4.69) is 21.0 Å². The van der Waals surface area contributed by atoms with E-state index in [-0.39, 0.29) is 37.8 Å². The summed E-state index contributed by atoms with van der Waals surface area (Å²) < 4.78 is 37.5. The molecular formula is C25H26F2N6O2. The standard InChI is InChI=1S/C25H26F2N6O2/c1-23(2,3)20-11-30-21(12-29-20)33-14-24(35-22(33)34)6-7-25(26,27)17(9-24)13-32-15-31-18-5-4-16(10-28)8-19(18)32/h4-5,8,11-12,15,17H,6-7,9,13-14H2,1-3H3/t17-,24-/m1/s1. The van der Waals surface area contributed by atoms with Crippen molar-refractivity contribution in [2.75, 3.05) is 11.4 Å². The highest BCUT2D eigenvalue weighted by molar-refractivity contribution is 5.89. The summed E-state index contributed by atoms with van der Waals surface area (Å²) in [5.74, 6) is -3.65. The van der Waals surface area contributed by atoms with Gasteiger partial charge in [0.15, 0.2) is 5.82 Å². The lowest BCUT2D eigenvalue weighted by Gasteiger charge is -2.40. The maximum absolute atomic E-state index is 15.1. The van der Waals surface area contributed by atoms with Gasteiger partial charge in [-0.3, -0.25) is 9.88 Å². The number of benzene rings is 1. The van der Waals surface area contributed by atoms with Gasteiger partial charge in [0.2, 0.25) is 0 Å². The molecule has 0 unspecified atom stereocenters. The van der Waals surface area contributed by atoms with E-state index in [1.165, 1.54) is 17.4 Å². The maximum Gasteiger partial charge on any atom is 0.416 e. The quantitative estimate of drug-likeness (QED) is 0.533. The molecule has 182 valence electrons. The average Bonchev–Trinajstić information content (AvgIpc) is 3.36. The second kappa shape index (κ2) is 7.97. The van der Waals surface area contributed by atoms with Crippen LogP contribution < -0.4 is 4.90 Å². The number of nitriles is 1. The van der Waals surface area contributed by atoms with Crippen LogP contribution in [0.3, 0.4) is 0 Å². The predicted octanol–water partition coefficient (Wildman–Crippen LogP) is 4.83. The zero-order valence-electron chi connectivity index (χ0n) is 19.8. The highest BCUT2D eigenvalue weighted by Gasteiger charge is 2.56. The largest absolute Gasteiger partial charge is 0.441 e.